The number of hydrogen-bond acceptors (Lipinski definition) is 5. The summed E-state index contributed by atoms with van der Waals surface area (Å²) in [4.78, 5) is 28.7. The maximum absolute atomic E-state index is 13.7. The summed E-state index contributed by atoms with van der Waals surface area (Å²) < 4.78 is 11.4. The largest absolute Gasteiger partial charge is 0.507 e. The number of Topliss-reactive ketones (excluding diaryl/α,β-unsaturated/α-hetero) is 1. The van der Waals surface area contributed by atoms with Crippen LogP contribution in [0.3, 0.4) is 0 Å². The molecule has 3 aromatic carbocycles. The van der Waals surface area contributed by atoms with E-state index in [4.69, 9.17) is 9.47 Å². The van der Waals surface area contributed by atoms with Gasteiger partial charge in [0.05, 0.1) is 36.6 Å². The van der Waals surface area contributed by atoms with Gasteiger partial charge in [-0.2, -0.15) is 0 Å². The molecule has 0 aliphatic carbocycles. The number of rotatable bonds is 7. The fourth-order valence-corrected chi connectivity index (χ4v) is 4.70. The lowest BCUT2D eigenvalue weighted by atomic mass is 9.85. The van der Waals surface area contributed by atoms with Crippen LogP contribution in [0.25, 0.3) is 5.76 Å². The molecule has 1 heterocycles. The van der Waals surface area contributed by atoms with E-state index in [1.165, 1.54) is 12.0 Å². The Labute approximate surface area is 224 Å². The van der Waals surface area contributed by atoms with Crippen LogP contribution in [0.15, 0.2) is 72.3 Å². The van der Waals surface area contributed by atoms with Crippen LogP contribution in [0.1, 0.15) is 62.4 Å². The number of carbonyl (C=O) groups excluding carboxylic acids is 2. The number of methoxy groups -OCH3 is 1. The van der Waals surface area contributed by atoms with Gasteiger partial charge in [0, 0.05) is 0 Å². The van der Waals surface area contributed by atoms with Crippen LogP contribution in [-0.4, -0.2) is 30.5 Å². The Morgan fingerprint density at radius 2 is 1.66 bits per heavy atom. The van der Waals surface area contributed by atoms with Gasteiger partial charge < -0.3 is 14.6 Å². The third kappa shape index (κ3) is 5.03. The highest BCUT2D eigenvalue weighted by molar-refractivity contribution is 6.52. The van der Waals surface area contributed by atoms with Gasteiger partial charge in [0.25, 0.3) is 11.7 Å². The summed E-state index contributed by atoms with van der Waals surface area (Å²) in [5, 5.41) is 11.6. The molecule has 3 aromatic rings. The minimum absolute atomic E-state index is 0.00713. The van der Waals surface area contributed by atoms with Crippen LogP contribution in [0.5, 0.6) is 11.5 Å². The summed E-state index contributed by atoms with van der Waals surface area (Å²) in [6.45, 7) is 10.7. The van der Waals surface area contributed by atoms with Crippen molar-refractivity contribution < 1.29 is 24.2 Å². The fraction of sp³-hybridized carbons (Fsp3) is 0.312. The molecule has 4 rings (SSSR count). The lowest BCUT2D eigenvalue weighted by molar-refractivity contribution is -0.132. The first-order chi connectivity index (χ1) is 18.1. The van der Waals surface area contributed by atoms with Crippen molar-refractivity contribution in [1.82, 2.24) is 0 Å². The zero-order valence-electron chi connectivity index (χ0n) is 22.9. The molecule has 0 bridgehead atoms. The van der Waals surface area contributed by atoms with E-state index in [0.29, 0.717) is 34.9 Å². The van der Waals surface area contributed by atoms with E-state index in [1.807, 2.05) is 50.2 Å². The second kappa shape index (κ2) is 10.7. The molecule has 1 aliphatic heterocycles. The number of anilines is 1. The SMILES string of the molecule is CCCOc1ccccc1N1C(=O)C(=O)/C(=C(/O)c2cc(C)ccc2OC)C1c1ccc(C(C)(C)C)cc1. The highest BCUT2D eigenvalue weighted by atomic mass is 16.5. The normalized spacial score (nSPS) is 17.1. The van der Waals surface area contributed by atoms with Gasteiger partial charge in [0.15, 0.2) is 0 Å². The van der Waals surface area contributed by atoms with Crippen LogP contribution >= 0.6 is 0 Å². The highest BCUT2D eigenvalue weighted by Crippen LogP contribution is 2.46. The molecule has 38 heavy (non-hydrogen) atoms. The second-order valence-electron chi connectivity index (χ2n) is 10.6. The molecule has 0 radical (unpaired) electrons. The summed E-state index contributed by atoms with van der Waals surface area (Å²) in [5.41, 5.74) is 3.47. The summed E-state index contributed by atoms with van der Waals surface area (Å²) >= 11 is 0. The average Bonchev–Trinajstić information content (AvgIpc) is 3.16. The molecule has 0 spiro atoms. The van der Waals surface area contributed by atoms with E-state index < -0.39 is 17.7 Å². The van der Waals surface area contributed by atoms with Crippen molar-refractivity contribution in [2.75, 3.05) is 18.6 Å². The zero-order valence-corrected chi connectivity index (χ0v) is 22.9. The minimum atomic E-state index is -0.861. The summed E-state index contributed by atoms with van der Waals surface area (Å²) in [5.74, 6) is -0.853. The van der Waals surface area contributed by atoms with Gasteiger partial charge in [-0.15, -0.1) is 0 Å². The third-order valence-electron chi connectivity index (χ3n) is 6.73. The number of amides is 1. The number of aryl methyl sites for hydroxylation is 1. The Hall–Kier alpha value is -4.06. The summed E-state index contributed by atoms with van der Waals surface area (Å²) in [7, 11) is 1.50. The van der Waals surface area contributed by atoms with Gasteiger partial charge in [0.1, 0.15) is 17.3 Å². The number of hydrogen-bond donors (Lipinski definition) is 1. The topological polar surface area (TPSA) is 76.1 Å². The van der Waals surface area contributed by atoms with Crippen LogP contribution in [0.2, 0.25) is 0 Å². The van der Waals surface area contributed by atoms with E-state index >= 15 is 0 Å². The molecular formula is C32H35NO5. The molecular weight excluding hydrogens is 478 g/mol. The third-order valence-corrected chi connectivity index (χ3v) is 6.73. The van der Waals surface area contributed by atoms with Crippen molar-refractivity contribution in [2.24, 2.45) is 0 Å². The molecule has 0 aromatic heterocycles. The number of carbonyl (C=O) groups is 2. The van der Waals surface area contributed by atoms with E-state index in [2.05, 4.69) is 20.8 Å². The lowest BCUT2D eigenvalue weighted by Crippen LogP contribution is -2.30. The maximum Gasteiger partial charge on any atom is 0.300 e. The number of para-hydroxylation sites is 2. The number of ketones is 1. The smallest absolute Gasteiger partial charge is 0.300 e. The molecule has 1 fully saturated rings. The summed E-state index contributed by atoms with van der Waals surface area (Å²) in [6.07, 6.45) is 0.790. The number of aliphatic hydroxyl groups excluding tert-OH is 1. The fourth-order valence-electron chi connectivity index (χ4n) is 4.70. The average molecular weight is 514 g/mol. The predicted octanol–water partition coefficient (Wildman–Crippen LogP) is 6.72. The number of aliphatic hydroxyl groups is 1. The molecule has 6 nitrogen and oxygen atoms in total. The highest BCUT2D eigenvalue weighted by Gasteiger charge is 2.48. The van der Waals surface area contributed by atoms with Gasteiger partial charge >= 0.3 is 0 Å². The van der Waals surface area contributed by atoms with Gasteiger partial charge in [0.2, 0.25) is 0 Å². The maximum atomic E-state index is 13.7. The lowest BCUT2D eigenvalue weighted by Gasteiger charge is -2.28. The first-order valence-electron chi connectivity index (χ1n) is 12.9. The van der Waals surface area contributed by atoms with E-state index in [9.17, 15) is 14.7 Å². The monoisotopic (exact) mass is 513 g/mol. The second-order valence-corrected chi connectivity index (χ2v) is 10.6. The van der Waals surface area contributed by atoms with Crippen molar-refractivity contribution in [3.8, 4) is 11.5 Å². The Morgan fingerprint density at radius 3 is 2.29 bits per heavy atom. The van der Waals surface area contributed by atoms with Gasteiger partial charge in [-0.25, -0.2) is 0 Å². The van der Waals surface area contributed by atoms with Crippen LogP contribution in [0, 0.1) is 6.92 Å². The van der Waals surface area contributed by atoms with Crippen molar-refractivity contribution in [2.45, 2.75) is 52.5 Å². The Balaban J connectivity index is 1.98. The molecule has 0 saturated carbocycles. The molecule has 1 amide bonds. The summed E-state index contributed by atoms with van der Waals surface area (Å²) in [6, 6.07) is 19.5. The van der Waals surface area contributed by atoms with Gasteiger partial charge in [-0.05, 0) is 54.2 Å². The minimum Gasteiger partial charge on any atom is -0.507 e. The predicted molar refractivity (Wildman–Crippen MR) is 150 cm³/mol. The number of nitrogens with zero attached hydrogens (tertiary/aromatic N) is 1. The molecule has 1 saturated heterocycles. The van der Waals surface area contributed by atoms with Crippen molar-refractivity contribution >= 4 is 23.1 Å². The van der Waals surface area contributed by atoms with Crippen molar-refractivity contribution in [1.29, 1.82) is 0 Å². The standard InChI is InChI=1S/C32H35NO5/c1-7-18-38-26-11-9-8-10-24(26)33-28(21-13-15-22(16-14-21)32(3,4)5)27(30(35)31(33)36)29(34)23-19-20(2)12-17-25(23)37-6/h8-17,19,28,34H,7,18H2,1-6H3/b29-27+. The van der Waals surface area contributed by atoms with E-state index in [0.717, 1.165) is 17.5 Å². The number of benzene rings is 3. The molecule has 1 unspecified atom stereocenters. The molecule has 198 valence electrons. The van der Waals surface area contributed by atoms with Crippen molar-refractivity contribution in [3.63, 3.8) is 0 Å². The van der Waals surface area contributed by atoms with E-state index in [1.54, 1.807) is 30.3 Å². The van der Waals surface area contributed by atoms with Crippen LogP contribution in [0.4, 0.5) is 5.69 Å². The Bertz CT molecular complexity index is 1380. The Morgan fingerprint density at radius 1 is 0.974 bits per heavy atom. The van der Waals surface area contributed by atoms with E-state index in [-0.39, 0.29) is 16.7 Å². The van der Waals surface area contributed by atoms with Gasteiger partial charge in [-0.3, -0.25) is 14.5 Å². The van der Waals surface area contributed by atoms with Crippen LogP contribution in [-0.2, 0) is 15.0 Å². The van der Waals surface area contributed by atoms with Gasteiger partial charge in [-0.1, -0.05) is 75.7 Å². The number of ether oxygens (including phenoxy) is 2. The Kier molecular flexibility index (Phi) is 7.63. The zero-order chi connectivity index (χ0) is 27.6. The molecule has 1 atom stereocenters. The van der Waals surface area contributed by atoms with Crippen LogP contribution < -0.4 is 14.4 Å². The molecule has 1 aliphatic rings. The first kappa shape index (κ1) is 27.0. The molecule has 6 heteroatoms. The quantitative estimate of drug-likeness (QED) is 0.216. The first-order valence-corrected chi connectivity index (χ1v) is 12.9. The molecule has 1 N–H and O–H groups in total. The van der Waals surface area contributed by atoms with Crippen molar-refractivity contribution in [3.05, 3.63) is 94.6 Å².